The summed E-state index contributed by atoms with van der Waals surface area (Å²) in [5, 5.41) is 3.03. The maximum absolute atomic E-state index is 14.5. The van der Waals surface area contributed by atoms with E-state index in [1.165, 1.54) is 22.8 Å². The van der Waals surface area contributed by atoms with E-state index in [-0.39, 0.29) is 16.8 Å². The number of aryl methyl sites for hydroxylation is 1. The molecule has 1 aromatic heterocycles. The van der Waals surface area contributed by atoms with Gasteiger partial charge in [0.1, 0.15) is 17.4 Å². The van der Waals surface area contributed by atoms with Crippen molar-refractivity contribution in [3.8, 4) is 11.4 Å². The van der Waals surface area contributed by atoms with Crippen LogP contribution in [0.15, 0.2) is 71.5 Å². The lowest BCUT2D eigenvalue weighted by atomic mass is 10.1. The molecular formula is C24H20FN3O3. The van der Waals surface area contributed by atoms with Crippen molar-refractivity contribution in [1.29, 1.82) is 0 Å². The summed E-state index contributed by atoms with van der Waals surface area (Å²) in [5.41, 5.74) is 0.955. The molecule has 1 N–H and O–H groups in total. The van der Waals surface area contributed by atoms with E-state index in [0.29, 0.717) is 34.8 Å². The molecule has 0 bridgehead atoms. The molecule has 0 atom stereocenters. The normalized spacial score (nSPS) is 10.8. The van der Waals surface area contributed by atoms with Crippen LogP contribution in [0.4, 0.5) is 10.1 Å². The van der Waals surface area contributed by atoms with Gasteiger partial charge in [-0.2, -0.15) is 0 Å². The maximum atomic E-state index is 14.5. The second-order valence-corrected chi connectivity index (χ2v) is 6.86. The van der Waals surface area contributed by atoms with Crippen LogP contribution in [0.3, 0.4) is 0 Å². The maximum Gasteiger partial charge on any atom is 0.265 e. The molecule has 31 heavy (non-hydrogen) atoms. The Bertz CT molecular complexity index is 1350. The highest BCUT2D eigenvalue weighted by Crippen LogP contribution is 2.23. The van der Waals surface area contributed by atoms with Gasteiger partial charge in [-0.1, -0.05) is 24.3 Å². The number of benzene rings is 3. The summed E-state index contributed by atoms with van der Waals surface area (Å²) in [5.74, 6) is -0.273. The minimum absolute atomic E-state index is 0.0479. The minimum Gasteiger partial charge on any atom is -0.493 e. The quantitative estimate of drug-likeness (QED) is 0.520. The molecule has 1 amide bonds. The van der Waals surface area contributed by atoms with Crippen molar-refractivity contribution >= 4 is 22.5 Å². The van der Waals surface area contributed by atoms with Crippen LogP contribution in [0.25, 0.3) is 16.6 Å². The van der Waals surface area contributed by atoms with Crippen molar-refractivity contribution in [2.75, 3.05) is 11.9 Å². The average Bonchev–Trinajstić information content (AvgIpc) is 2.76. The highest BCUT2D eigenvalue weighted by molar-refractivity contribution is 6.06. The Balaban J connectivity index is 1.75. The number of rotatable bonds is 5. The largest absolute Gasteiger partial charge is 0.493 e. The topological polar surface area (TPSA) is 73.2 Å². The number of amides is 1. The Morgan fingerprint density at radius 3 is 2.65 bits per heavy atom. The van der Waals surface area contributed by atoms with E-state index in [1.54, 1.807) is 49.4 Å². The van der Waals surface area contributed by atoms with Gasteiger partial charge in [-0.25, -0.2) is 9.37 Å². The van der Waals surface area contributed by atoms with Crippen molar-refractivity contribution in [2.24, 2.45) is 0 Å². The summed E-state index contributed by atoms with van der Waals surface area (Å²) in [6, 6.07) is 17.9. The molecule has 0 spiro atoms. The molecule has 0 unspecified atom stereocenters. The number of anilines is 1. The van der Waals surface area contributed by atoms with Crippen LogP contribution < -0.4 is 15.6 Å². The van der Waals surface area contributed by atoms with Gasteiger partial charge in [0.05, 0.1) is 34.4 Å². The highest BCUT2D eigenvalue weighted by atomic mass is 19.1. The summed E-state index contributed by atoms with van der Waals surface area (Å²) in [7, 11) is 0. The second-order valence-electron chi connectivity index (χ2n) is 6.86. The van der Waals surface area contributed by atoms with Crippen LogP contribution in [0.1, 0.15) is 23.1 Å². The first kappa shape index (κ1) is 20.3. The summed E-state index contributed by atoms with van der Waals surface area (Å²) in [6.45, 7) is 3.91. The van der Waals surface area contributed by atoms with Gasteiger partial charge < -0.3 is 10.1 Å². The van der Waals surface area contributed by atoms with Crippen molar-refractivity contribution < 1.29 is 13.9 Å². The number of ether oxygens (including phenoxy) is 1. The van der Waals surface area contributed by atoms with Crippen molar-refractivity contribution in [3.63, 3.8) is 0 Å². The van der Waals surface area contributed by atoms with Crippen LogP contribution in [0.2, 0.25) is 0 Å². The lowest BCUT2D eigenvalue weighted by Crippen LogP contribution is -2.22. The molecule has 0 fully saturated rings. The number of fused-ring (bicyclic) bond motifs is 1. The van der Waals surface area contributed by atoms with Gasteiger partial charge in [-0.15, -0.1) is 0 Å². The summed E-state index contributed by atoms with van der Waals surface area (Å²) in [4.78, 5) is 30.3. The third-order valence-corrected chi connectivity index (χ3v) is 4.83. The fourth-order valence-electron chi connectivity index (χ4n) is 3.42. The van der Waals surface area contributed by atoms with Gasteiger partial charge in [-0.3, -0.25) is 14.2 Å². The number of nitrogens with one attached hydrogen (secondary N) is 1. The Hall–Kier alpha value is -4.00. The predicted molar refractivity (Wildman–Crippen MR) is 118 cm³/mol. The van der Waals surface area contributed by atoms with Crippen molar-refractivity contribution in [1.82, 2.24) is 9.55 Å². The third-order valence-electron chi connectivity index (χ3n) is 4.83. The van der Waals surface area contributed by atoms with Crippen LogP contribution in [0.5, 0.6) is 5.75 Å². The Labute approximate surface area is 177 Å². The van der Waals surface area contributed by atoms with Gasteiger partial charge in [0.25, 0.3) is 11.5 Å². The van der Waals surface area contributed by atoms with E-state index < -0.39 is 11.7 Å². The zero-order valence-electron chi connectivity index (χ0n) is 17.1. The van der Waals surface area contributed by atoms with Gasteiger partial charge in [0, 0.05) is 0 Å². The summed E-state index contributed by atoms with van der Waals surface area (Å²) >= 11 is 0. The second kappa shape index (κ2) is 8.39. The predicted octanol–water partition coefficient (Wildman–Crippen LogP) is 4.48. The van der Waals surface area contributed by atoms with Gasteiger partial charge in [0.2, 0.25) is 0 Å². The lowest BCUT2D eigenvalue weighted by Gasteiger charge is -2.14. The first-order chi connectivity index (χ1) is 15.0. The smallest absolute Gasteiger partial charge is 0.265 e. The molecule has 4 rings (SSSR count). The highest BCUT2D eigenvalue weighted by Gasteiger charge is 2.16. The molecule has 0 aliphatic heterocycles. The Morgan fingerprint density at radius 1 is 1.10 bits per heavy atom. The third kappa shape index (κ3) is 3.90. The van der Waals surface area contributed by atoms with E-state index in [9.17, 15) is 14.0 Å². The zero-order valence-corrected chi connectivity index (χ0v) is 17.1. The number of para-hydroxylation sites is 2. The molecule has 0 aliphatic rings. The number of carbonyl (C=O) groups is 1. The number of halogens is 1. The summed E-state index contributed by atoms with van der Waals surface area (Å²) in [6.07, 6.45) is 0. The lowest BCUT2D eigenvalue weighted by molar-refractivity contribution is 0.102. The standard InChI is InChI=1S/C24H20FN3O3/c1-3-31-22-11-7-5-9-18(22)23(29)27-21-14-16(12-13-19(21)25)28-15(2)26-20-10-6-4-8-17(20)24(28)30/h4-14H,3H2,1-2H3,(H,27,29). The number of carbonyl (C=O) groups excluding carboxylic acids is 1. The van der Waals surface area contributed by atoms with Gasteiger partial charge in [0.15, 0.2) is 0 Å². The number of hydrogen-bond acceptors (Lipinski definition) is 4. The molecular weight excluding hydrogens is 397 g/mol. The van der Waals surface area contributed by atoms with Gasteiger partial charge >= 0.3 is 0 Å². The number of nitrogens with zero attached hydrogens (tertiary/aromatic N) is 2. The molecule has 1 heterocycles. The summed E-state index contributed by atoms with van der Waals surface area (Å²) < 4.78 is 21.4. The van der Waals surface area contributed by atoms with Crippen molar-refractivity contribution in [2.45, 2.75) is 13.8 Å². The SMILES string of the molecule is CCOc1ccccc1C(=O)Nc1cc(-n2c(C)nc3ccccc3c2=O)ccc1F. The average molecular weight is 417 g/mol. The molecule has 0 saturated carbocycles. The van der Waals surface area contributed by atoms with Crippen molar-refractivity contribution in [3.05, 3.63) is 94.3 Å². The first-order valence-corrected chi connectivity index (χ1v) is 9.81. The van der Waals surface area contributed by atoms with Gasteiger partial charge in [-0.05, 0) is 56.3 Å². The first-order valence-electron chi connectivity index (χ1n) is 9.81. The van der Waals surface area contributed by atoms with E-state index in [1.807, 2.05) is 13.0 Å². The van der Waals surface area contributed by atoms with Crippen LogP contribution in [-0.2, 0) is 0 Å². The van der Waals surface area contributed by atoms with E-state index in [4.69, 9.17) is 4.74 Å². The van der Waals surface area contributed by atoms with Crippen LogP contribution in [-0.4, -0.2) is 22.1 Å². The molecule has 3 aromatic carbocycles. The number of hydrogen-bond donors (Lipinski definition) is 1. The van der Waals surface area contributed by atoms with Crippen LogP contribution in [0, 0.1) is 12.7 Å². The number of aromatic nitrogens is 2. The Kier molecular flexibility index (Phi) is 5.49. The fraction of sp³-hybridized carbons (Fsp3) is 0.125. The molecule has 6 nitrogen and oxygen atoms in total. The molecule has 0 radical (unpaired) electrons. The minimum atomic E-state index is -0.620. The molecule has 7 heteroatoms. The fourth-order valence-corrected chi connectivity index (χ4v) is 3.42. The molecule has 4 aromatic rings. The monoisotopic (exact) mass is 417 g/mol. The van der Waals surface area contributed by atoms with E-state index >= 15 is 0 Å². The Morgan fingerprint density at radius 2 is 1.84 bits per heavy atom. The molecule has 0 saturated heterocycles. The molecule has 0 aliphatic carbocycles. The zero-order chi connectivity index (χ0) is 22.0. The van der Waals surface area contributed by atoms with E-state index in [0.717, 1.165) is 0 Å². The van der Waals surface area contributed by atoms with Crippen LogP contribution >= 0.6 is 0 Å². The molecule has 156 valence electrons. The van der Waals surface area contributed by atoms with E-state index in [2.05, 4.69) is 10.3 Å².